The number of benzene rings is 1. The fourth-order valence-corrected chi connectivity index (χ4v) is 4.81. The Balaban J connectivity index is 2.02. The molecule has 3 saturated heterocycles. The monoisotopic (exact) mass is 350 g/mol. The van der Waals surface area contributed by atoms with E-state index in [1.54, 1.807) is 6.07 Å². The van der Waals surface area contributed by atoms with Gasteiger partial charge in [0, 0.05) is 6.42 Å². The Hall–Kier alpha value is -2.95. The lowest BCUT2D eigenvalue weighted by atomic mass is 9.48. The van der Waals surface area contributed by atoms with Gasteiger partial charge in [0.15, 0.2) is 10.8 Å². The van der Waals surface area contributed by atoms with Crippen molar-refractivity contribution in [2.45, 2.75) is 37.6 Å². The molecular formula is C19H15FN4O2. The minimum atomic E-state index is -1.95. The van der Waals surface area contributed by atoms with E-state index >= 15 is 0 Å². The highest BCUT2D eigenvalue weighted by atomic mass is 19.1. The van der Waals surface area contributed by atoms with E-state index in [1.165, 1.54) is 18.2 Å². The van der Waals surface area contributed by atoms with Crippen LogP contribution in [-0.4, -0.2) is 11.7 Å². The summed E-state index contributed by atoms with van der Waals surface area (Å²) in [6, 6.07) is 11.6. The van der Waals surface area contributed by atoms with Crippen molar-refractivity contribution >= 4 is 5.90 Å². The van der Waals surface area contributed by atoms with Crippen molar-refractivity contribution in [3.63, 3.8) is 0 Å². The molecule has 1 aromatic rings. The van der Waals surface area contributed by atoms with Gasteiger partial charge in [-0.3, -0.25) is 5.41 Å². The predicted molar refractivity (Wildman–Crippen MR) is 85.4 cm³/mol. The fourth-order valence-electron chi connectivity index (χ4n) is 4.81. The molecule has 26 heavy (non-hydrogen) atoms. The third-order valence-electron chi connectivity index (χ3n) is 5.97. The molecule has 4 unspecified atom stereocenters. The van der Waals surface area contributed by atoms with Crippen LogP contribution in [0, 0.1) is 62.0 Å². The van der Waals surface area contributed by atoms with E-state index in [0.717, 1.165) is 12.8 Å². The summed E-state index contributed by atoms with van der Waals surface area (Å²) in [5.41, 5.74) is -3.43. The van der Waals surface area contributed by atoms with E-state index in [4.69, 9.17) is 14.9 Å². The highest BCUT2D eigenvalue weighted by Gasteiger charge is 2.80. The zero-order valence-corrected chi connectivity index (χ0v) is 13.8. The van der Waals surface area contributed by atoms with E-state index in [0.29, 0.717) is 18.4 Å². The van der Waals surface area contributed by atoms with E-state index in [1.807, 2.05) is 6.07 Å². The Bertz CT molecular complexity index is 913. The summed E-state index contributed by atoms with van der Waals surface area (Å²) in [4.78, 5) is 0. The van der Waals surface area contributed by atoms with Gasteiger partial charge < -0.3 is 9.47 Å². The molecule has 3 aliphatic heterocycles. The summed E-state index contributed by atoms with van der Waals surface area (Å²) >= 11 is 0. The molecule has 4 atom stereocenters. The first kappa shape index (κ1) is 16.5. The van der Waals surface area contributed by atoms with Crippen LogP contribution in [0.5, 0.6) is 0 Å². The van der Waals surface area contributed by atoms with Crippen molar-refractivity contribution in [2.24, 2.45) is 16.7 Å². The van der Waals surface area contributed by atoms with Gasteiger partial charge in [-0.15, -0.1) is 0 Å². The number of fused-ring (bicyclic) bond motifs is 2. The summed E-state index contributed by atoms with van der Waals surface area (Å²) in [6.07, 6.45) is 1.32. The van der Waals surface area contributed by atoms with Crippen molar-refractivity contribution < 1.29 is 13.9 Å². The number of hydrogen-bond donors (Lipinski definition) is 1. The summed E-state index contributed by atoms with van der Waals surface area (Å²) in [6.45, 7) is 0. The number of nitrogens with zero attached hydrogens (tertiary/aromatic N) is 3. The molecule has 5 rings (SSSR count). The van der Waals surface area contributed by atoms with Crippen molar-refractivity contribution in [1.82, 2.24) is 0 Å². The van der Waals surface area contributed by atoms with Gasteiger partial charge >= 0.3 is 0 Å². The molecule has 2 bridgehead atoms. The van der Waals surface area contributed by atoms with Gasteiger partial charge in [-0.2, -0.15) is 15.8 Å². The van der Waals surface area contributed by atoms with E-state index in [9.17, 15) is 20.2 Å². The van der Waals surface area contributed by atoms with Gasteiger partial charge in [0.2, 0.25) is 11.7 Å². The van der Waals surface area contributed by atoms with Crippen LogP contribution in [0.15, 0.2) is 24.3 Å². The second-order valence-electron chi connectivity index (χ2n) is 7.05. The number of rotatable bonds is 1. The average molecular weight is 350 g/mol. The SMILES string of the molecule is N#CC1(C#N)C2CCCCC23OC(=N)C1(C#N)C(c1cccc(F)c1)O3. The Morgan fingerprint density at radius 3 is 2.58 bits per heavy atom. The van der Waals surface area contributed by atoms with Crippen molar-refractivity contribution in [2.75, 3.05) is 0 Å². The molecule has 0 aromatic heterocycles. The fraction of sp³-hybridized carbons (Fsp3) is 0.474. The summed E-state index contributed by atoms with van der Waals surface area (Å²) in [7, 11) is 0. The van der Waals surface area contributed by atoms with Gasteiger partial charge in [0.05, 0.1) is 24.1 Å². The maximum atomic E-state index is 13.8. The molecular weight excluding hydrogens is 335 g/mol. The van der Waals surface area contributed by atoms with E-state index < -0.39 is 40.4 Å². The Labute approximate surface area is 149 Å². The van der Waals surface area contributed by atoms with Crippen LogP contribution < -0.4 is 0 Å². The summed E-state index contributed by atoms with van der Waals surface area (Å²) in [5, 5.41) is 38.5. The van der Waals surface area contributed by atoms with Crippen molar-refractivity contribution in [3.8, 4) is 18.2 Å². The maximum Gasteiger partial charge on any atom is 0.218 e. The molecule has 0 radical (unpaired) electrons. The molecule has 3 heterocycles. The Morgan fingerprint density at radius 2 is 1.92 bits per heavy atom. The van der Waals surface area contributed by atoms with Crippen LogP contribution in [0.25, 0.3) is 0 Å². The van der Waals surface area contributed by atoms with Gasteiger partial charge in [0.25, 0.3) is 0 Å². The standard InChI is InChI=1S/C19H15FN4O2/c20-13-5-3-4-12(8-13)15-18(11-23)16(24)26-19(25-15)7-2-1-6-14(19)17(18,9-21)10-22/h3-5,8,14-15,24H,1-2,6-7H2. The Kier molecular flexibility index (Phi) is 3.35. The van der Waals surface area contributed by atoms with E-state index in [2.05, 4.69) is 12.1 Å². The van der Waals surface area contributed by atoms with Crippen molar-refractivity contribution in [3.05, 3.63) is 35.6 Å². The Morgan fingerprint density at radius 1 is 1.15 bits per heavy atom. The van der Waals surface area contributed by atoms with Gasteiger partial charge in [-0.25, -0.2) is 4.39 Å². The highest BCUT2D eigenvalue weighted by Crippen LogP contribution is 2.69. The average Bonchev–Trinajstić information content (AvgIpc) is 2.66. The molecule has 0 amide bonds. The first-order valence-electron chi connectivity index (χ1n) is 8.45. The smallest absolute Gasteiger partial charge is 0.218 e. The maximum absolute atomic E-state index is 13.8. The molecule has 1 N–H and O–H groups in total. The van der Waals surface area contributed by atoms with Gasteiger partial charge in [0.1, 0.15) is 11.9 Å². The number of nitrogens with one attached hydrogen (secondary N) is 1. The molecule has 1 aromatic carbocycles. The lowest BCUT2D eigenvalue weighted by molar-refractivity contribution is -0.360. The van der Waals surface area contributed by atoms with Gasteiger partial charge in [-0.05, 0) is 30.5 Å². The summed E-state index contributed by atoms with van der Waals surface area (Å²) < 4.78 is 25.8. The first-order valence-corrected chi connectivity index (χ1v) is 8.45. The van der Waals surface area contributed by atoms with Crippen LogP contribution in [0.1, 0.15) is 37.4 Å². The molecule has 1 aliphatic carbocycles. The van der Waals surface area contributed by atoms with Crippen LogP contribution in [0.4, 0.5) is 4.39 Å². The molecule has 130 valence electrons. The second kappa shape index (κ2) is 5.27. The van der Waals surface area contributed by atoms with Crippen LogP contribution in [0.2, 0.25) is 0 Å². The predicted octanol–water partition coefficient (Wildman–Crippen LogP) is 3.33. The zero-order valence-electron chi connectivity index (χ0n) is 13.8. The zero-order chi connectivity index (χ0) is 18.6. The first-order chi connectivity index (χ1) is 12.5. The normalized spacial score (nSPS) is 36.8. The minimum absolute atomic E-state index is 0.317. The topological polar surface area (TPSA) is 114 Å². The van der Waals surface area contributed by atoms with Crippen LogP contribution in [-0.2, 0) is 9.47 Å². The lowest BCUT2D eigenvalue weighted by Gasteiger charge is -2.63. The summed E-state index contributed by atoms with van der Waals surface area (Å²) in [5.74, 6) is -2.92. The number of halogens is 1. The number of hydrogen-bond acceptors (Lipinski definition) is 6. The van der Waals surface area contributed by atoms with Crippen LogP contribution in [0.3, 0.4) is 0 Å². The molecule has 6 nitrogen and oxygen atoms in total. The quantitative estimate of drug-likeness (QED) is 0.834. The third-order valence-corrected chi connectivity index (χ3v) is 5.97. The second-order valence-corrected chi connectivity index (χ2v) is 7.05. The number of ether oxygens (including phenoxy) is 2. The highest BCUT2D eigenvalue weighted by molar-refractivity contribution is 5.89. The largest absolute Gasteiger partial charge is 0.447 e. The molecule has 4 fully saturated rings. The molecule has 1 saturated carbocycles. The number of nitriles is 3. The molecule has 4 aliphatic rings. The lowest BCUT2D eigenvalue weighted by Crippen LogP contribution is -2.73. The molecule has 7 heteroatoms. The van der Waals surface area contributed by atoms with Crippen molar-refractivity contribution in [1.29, 1.82) is 21.2 Å². The minimum Gasteiger partial charge on any atom is -0.447 e. The van der Waals surface area contributed by atoms with Crippen LogP contribution >= 0.6 is 0 Å². The molecule has 1 spiro atoms. The van der Waals surface area contributed by atoms with E-state index in [-0.39, 0.29) is 0 Å². The third kappa shape index (κ3) is 1.68. The van der Waals surface area contributed by atoms with Gasteiger partial charge in [-0.1, -0.05) is 18.6 Å².